The van der Waals surface area contributed by atoms with Crippen molar-refractivity contribution in [3.05, 3.63) is 69.3 Å². The van der Waals surface area contributed by atoms with E-state index in [9.17, 15) is 4.39 Å². The average molecular weight is 285 g/mol. The van der Waals surface area contributed by atoms with Crippen LogP contribution < -0.4 is 0 Å². The van der Waals surface area contributed by atoms with Crippen LogP contribution in [0.3, 0.4) is 0 Å². The summed E-state index contributed by atoms with van der Waals surface area (Å²) in [6.07, 6.45) is 4.82. The molecule has 0 aliphatic carbocycles. The summed E-state index contributed by atoms with van der Waals surface area (Å²) in [5, 5.41) is 2.20. The molecule has 0 radical (unpaired) electrons. The third kappa shape index (κ3) is 2.46. The van der Waals surface area contributed by atoms with Crippen molar-refractivity contribution in [2.75, 3.05) is 0 Å². The topological polar surface area (TPSA) is 12.4 Å². The first-order valence-electron chi connectivity index (χ1n) is 6.69. The largest absolute Gasteiger partial charge is 0.261 e. The Morgan fingerprint density at radius 3 is 2.85 bits per heavy atom. The fraction of sp³-hybridized carbons (Fsp3) is 0.235. The lowest BCUT2D eigenvalue weighted by molar-refractivity contribution is 0.627. The molecule has 1 nitrogen and oxygen atoms in total. The second-order valence-electron chi connectivity index (χ2n) is 5.15. The van der Waals surface area contributed by atoms with E-state index in [0.29, 0.717) is 5.92 Å². The van der Waals surface area contributed by atoms with Crippen LogP contribution >= 0.6 is 11.3 Å². The number of nitrogens with zero attached hydrogens (tertiary/aromatic N) is 1. The molecule has 0 amide bonds. The van der Waals surface area contributed by atoms with Gasteiger partial charge >= 0.3 is 0 Å². The summed E-state index contributed by atoms with van der Waals surface area (Å²) in [4.78, 5) is 5.82. The molecule has 20 heavy (non-hydrogen) atoms. The summed E-state index contributed by atoms with van der Waals surface area (Å²) in [5.41, 5.74) is 4.55. The highest BCUT2D eigenvalue weighted by Crippen LogP contribution is 2.34. The van der Waals surface area contributed by atoms with Gasteiger partial charge in [-0.15, -0.1) is 11.3 Å². The number of rotatable bonds is 2. The second-order valence-corrected chi connectivity index (χ2v) is 6.06. The molecule has 2 aromatic rings. The van der Waals surface area contributed by atoms with Crippen LogP contribution in [0.15, 0.2) is 46.9 Å². The molecule has 3 heteroatoms. The normalized spacial score (nSPS) is 18.1. The summed E-state index contributed by atoms with van der Waals surface area (Å²) in [6, 6.07) is 6.68. The molecule has 1 atom stereocenters. The molecule has 0 saturated carbocycles. The summed E-state index contributed by atoms with van der Waals surface area (Å²) in [5.74, 6) is 0.143. The van der Waals surface area contributed by atoms with Crippen LogP contribution in [0.2, 0.25) is 0 Å². The van der Waals surface area contributed by atoms with E-state index >= 15 is 0 Å². The minimum atomic E-state index is -0.209. The first-order chi connectivity index (χ1) is 9.65. The van der Waals surface area contributed by atoms with Gasteiger partial charge in [0.15, 0.2) is 0 Å². The molecule has 1 unspecified atom stereocenters. The molecule has 0 spiro atoms. The Morgan fingerprint density at radius 1 is 1.30 bits per heavy atom. The lowest BCUT2D eigenvalue weighted by Crippen LogP contribution is -2.10. The molecular formula is C17H16FNS. The number of allylic oxidation sites excluding steroid dienone is 1. The van der Waals surface area contributed by atoms with Gasteiger partial charge in [0.05, 0.1) is 0 Å². The van der Waals surface area contributed by atoms with E-state index in [0.717, 1.165) is 17.7 Å². The van der Waals surface area contributed by atoms with Gasteiger partial charge in [0.1, 0.15) is 5.82 Å². The maximum Gasteiger partial charge on any atom is 0.123 e. The molecule has 0 fully saturated rings. The maximum absolute atomic E-state index is 13.3. The first kappa shape index (κ1) is 13.3. The van der Waals surface area contributed by atoms with Crippen molar-refractivity contribution in [3.63, 3.8) is 0 Å². The molecule has 1 aliphatic heterocycles. The van der Waals surface area contributed by atoms with Crippen LogP contribution in [0.5, 0.6) is 0 Å². The van der Waals surface area contributed by atoms with Crippen LogP contribution in [0.1, 0.15) is 33.9 Å². The Hall–Kier alpha value is -1.74. The quantitative estimate of drug-likeness (QED) is 0.736. The van der Waals surface area contributed by atoms with Crippen molar-refractivity contribution in [3.8, 4) is 0 Å². The van der Waals surface area contributed by atoms with E-state index in [1.54, 1.807) is 23.5 Å². The second kappa shape index (κ2) is 5.33. The predicted molar refractivity (Wildman–Crippen MR) is 83.2 cm³/mol. The summed E-state index contributed by atoms with van der Waals surface area (Å²) in [7, 11) is 0. The molecule has 1 aliphatic rings. The van der Waals surface area contributed by atoms with E-state index < -0.39 is 0 Å². The van der Waals surface area contributed by atoms with E-state index in [1.807, 2.05) is 12.3 Å². The molecule has 0 bridgehead atoms. The zero-order valence-electron chi connectivity index (χ0n) is 11.6. The van der Waals surface area contributed by atoms with Crippen LogP contribution in [-0.4, -0.2) is 5.71 Å². The van der Waals surface area contributed by atoms with Crippen molar-refractivity contribution >= 4 is 17.0 Å². The van der Waals surface area contributed by atoms with Gasteiger partial charge in [-0.1, -0.05) is 18.2 Å². The highest BCUT2D eigenvalue weighted by molar-refractivity contribution is 7.10. The van der Waals surface area contributed by atoms with Crippen molar-refractivity contribution in [1.29, 1.82) is 0 Å². The van der Waals surface area contributed by atoms with Crippen LogP contribution in [0.4, 0.5) is 4.39 Å². The fourth-order valence-corrected chi connectivity index (χ4v) is 3.65. The minimum Gasteiger partial charge on any atom is -0.261 e. The monoisotopic (exact) mass is 285 g/mol. The number of hydrogen-bond donors (Lipinski definition) is 0. The number of halogens is 1. The highest BCUT2D eigenvalue weighted by atomic mass is 32.1. The zero-order valence-corrected chi connectivity index (χ0v) is 12.4. The fourth-order valence-electron chi connectivity index (χ4n) is 2.49. The smallest absolute Gasteiger partial charge is 0.123 e. The number of hydrogen-bond acceptors (Lipinski definition) is 2. The molecule has 1 aromatic heterocycles. The summed E-state index contributed by atoms with van der Waals surface area (Å²) >= 11 is 1.80. The highest BCUT2D eigenvalue weighted by Gasteiger charge is 2.20. The summed E-state index contributed by atoms with van der Waals surface area (Å²) < 4.78 is 13.3. The average Bonchev–Trinajstić information content (AvgIpc) is 2.79. The lowest BCUT2D eigenvalue weighted by atomic mass is 9.92. The maximum atomic E-state index is 13.3. The van der Waals surface area contributed by atoms with E-state index in [1.165, 1.54) is 22.1 Å². The Morgan fingerprint density at radius 2 is 2.15 bits per heavy atom. The Bertz CT molecular complexity index is 697. The molecule has 0 saturated heterocycles. The third-order valence-electron chi connectivity index (χ3n) is 3.78. The van der Waals surface area contributed by atoms with Gasteiger partial charge in [0.25, 0.3) is 0 Å². The molecular weight excluding hydrogens is 269 g/mol. The van der Waals surface area contributed by atoms with Gasteiger partial charge in [0.2, 0.25) is 0 Å². The number of thiophene rings is 1. The molecule has 102 valence electrons. The van der Waals surface area contributed by atoms with Gasteiger partial charge < -0.3 is 0 Å². The van der Waals surface area contributed by atoms with Gasteiger partial charge in [0, 0.05) is 29.1 Å². The molecule has 2 heterocycles. The third-order valence-corrected chi connectivity index (χ3v) is 5.11. The van der Waals surface area contributed by atoms with Gasteiger partial charge in [-0.3, -0.25) is 4.99 Å². The number of aryl methyl sites for hydroxylation is 1. The lowest BCUT2D eigenvalue weighted by Gasteiger charge is -2.18. The van der Waals surface area contributed by atoms with E-state index in [4.69, 9.17) is 0 Å². The van der Waals surface area contributed by atoms with Crippen LogP contribution in [0.25, 0.3) is 0 Å². The molecule has 1 aromatic carbocycles. The van der Waals surface area contributed by atoms with Gasteiger partial charge in [-0.2, -0.15) is 0 Å². The Balaban J connectivity index is 1.89. The number of benzene rings is 1. The van der Waals surface area contributed by atoms with E-state index in [2.05, 4.69) is 30.3 Å². The van der Waals surface area contributed by atoms with Crippen molar-refractivity contribution < 1.29 is 4.39 Å². The van der Waals surface area contributed by atoms with Crippen LogP contribution in [-0.2, 0) is 0 Å². The predicted octanol–water partition coefficient (Wildman–Crippen LogP) is 4.99. The van der Waals surface area contributed by atoms with Crippen LogP contribution in [0, 0.1) is 19.7 Å². The van der Waals surface area contributed by atoms with Gasteiger partial charge in [-0.25, -0.2) is 4.39 Å². The van der Waals surface area contributed by atoms with Crippen molar-refractivity contribution in [2.24, 2.45) is 4.99 Å². The SMILES string of the molecule is Cc1csc(C2C=CN=C(c3cccc(F)c3)C2)c1C. The minimum absolute atomic E-state index is 0.209. The van der Waals surface area contributed by atoms with Gasteiger partial charge in [-0.05, 0) is 48.1 Å². The summed E-state index contributed by atoms with van der Waals surface area (Å²) in [6.45, 7) is 4.31. The van der Waals surface area contributed by atoms with Crippen molar-refractivity contribution in [2.45, 2.75) is 26.2 Å². The first-order valence-corrected chi connectivity index (χ1v) is 7.57. The zero-order chi connectivity index (χ0) is 14.1. The number of aliphatic imine (C=N–C) groups is 1. The Kier molecular flexibility index (Phi) is 3.53. The Labute approximate surface area is 122 Å². The van der Waals surface area contributed by atoms with E-state index in [-0.39, 0.29) is 5.82 Å². The standard InChI is InChI=1S/C17H16FNS/c1-11-10-20-17(12(11)2)14-6-7-19-16(9-14)13-4-3-5-15(18)8-13/h3-8,10,14H,9H2,1-2H3. The molecule has 3 rings (SSSR count). The molecule has 0 N–H and O–H groups in total. The van der Waals surface area contributed by atoms with Crippen molar-refractivity contribution in [1.82, 2.24) is 0 Å².